The van der Waals surface area contributed by atoms with Crippen molar-refractivity contribution in [3.63, 3.8) is 0 Å². The molecule has 1 aliphatic carbocycles. The van der Waals surface area contributed by atoms with Crippen LogP contribution in [0.5, 0.6) is 5.75 Å². The van der Waals surface area contributed by atoms with E-state index in [0.29, 0.717) is 24.6 Å². The Kier molecular flexibility index (Phi) is 7.16. The second-order valence-corrected chi connectivity index (χ2v) is 10.6. The van der Waals surface area contributed by atoms with E-state index in [1.165, 1.54) is 18.7 Å². The van der Waals surface area contributed by atoms with Crippen LogP contribution in [0.15, 0.2) is 53.4 Å². The first-order valence-electron chi connectivity index (χ1n) is 11.5. The van der Waals surface area contributed by atoms with Crippen LogP contribution >= 0.6 is 0 Å². The number of likely N-dealkylation sites (tertiary alicyclic amines) is 1. The monoisotopic (exact) mass is 456 g/mol. The summed E-state index contributed by atoms with van der Waals surface area (Å²) in [7, 11) is -2.31. The summed E-state index contributed by atoms with van der Waals surface area (Å²) in [4.78, 5) is 15.0. The van der Waals surface area contributed by atoms with E-state index >= 15 is 0 Å². The highest BCUT2D eigenvalue weighted by molar-refractivity contribution is 7.89. The molecule has 32 heavy (non-hydrogen) atoms. The normalized spacial score (nSPS) is 18.1. The van der Waals surface area contributed by atoms with E-state index in [1.54, 1.807) is 12.1 Å². The van der Waals surface area contributed by atoms with Gasteiger partial charge in [-0.2, -0.15) is 0 Å². The molecule has 0 radical (unpaired) electrons. The molecule has 0 spiro atoms. The zero-order valence-electron chi connectivity index (χ0n) is 18.6. The molecular weight excluding hydrogens is 424 g/mol. The third-order valence-electron chi connectivity index (χ3n) is 6.65. The zero-order valence-corrected chi connectivity index (χ0v) is 19.4. The molecule has 0 bridgehead atoms. The van der Waals surface area contributed by atoms with Crippen LogP contribution in [0.1, 0.15) is 54.4 Å². The highest BCUT2D eigenvalue weighted by atomic mass is 32.2. The Morgan fingerprint density at radius 1 is 1.03 bits per heavy atom. The van der Waals surface area contributed by atoms with Crippen molar-refractivity contribution in [2.24, 2.45) is 5.92 Å². The maximum absolute atomic E-state index is 13.2. The summed E-state index contributed by atoms with van der Waals surface area (Å²) in [5, 5.41) is 0. The summed E-state index contributed by atoms with van der Waals surface area (Å²) in [6.07, 6.45) is 6.68. The van der Waals surface area contributed by atoms with Crippen molar-refractivity contribution in [1.29, 1.82) is 0 Å². The van der Waals surface area contributed by atoms with Gasteiger partial charge in [-0.25, -0.2) is 13.1 Å². The average Bonchev–Trinajstić information content (AvgIpc) is 3.32. The molecule has 6 nitrogen and oxygen atoms in total. The molecule has 1 aliphatic heterocycles. The van der Waals surface area contributed by atoms with Gasteiger partial charge >= 0.3 is 0 Å². The van der Waals surface area contributed by atoms with Gasteiger partial charge in [-0.3, -0.25) is 4.79 Å². The van der Waals surface area contributed by atoms with Gasteiger partial charge in [-0.15, -0.1) is 0 Å². The second-order valence-electron chi connectivity index (χ2n) is 8.89. The quantitative estimate of drug-likeness (QED) is 0.683. The molecule has 1 saturated carbocycles. The molecular formula is C25H32N2O4S. The molecule has 2 aliphatic rings. The molecule has 0 atom stereocenters. The number of nitrogens with one attached hydrogen (secondary N) is 1. The molecule has 0 unspecified atom stereocenters. The molecule has 1 amide bonds. The van der Waals surface area contributed by atoms with Crippen molar-refractivity contribution in [1.82, 2.24) is 9.62 Å². The van der Waals surface area contributed by atoms with Gasteiger partial charge in [0.25, 0.3) is 5.91 Å². The third kappa shape index (κ3) is 5.33. The minimum Gasteiger partial charge on any atom is -0.495 e. The van der Waals surface area contributed by atoms with Crippen LogP contribution in [0, 0.1) is 5.92 Å². The van der Waals surface area contributed by atoms with Crippen molar-refractivity contribution in [2.45, 2.75) is 55.9 Å². The number of rotatable bonds is 7. The fraction of sp³-hybridized carbons (Fsp3) is 0.480. The summed E-state index contributed by atoms with van der Waals surface area (Å²) in [5.74, 6) is 0.695. The Hall–Kier alpha value is -2.38. The average molecular weight is 457 g/mol. The second kappa shape index (κ2) is 10.0. The predicted molar refractivity (Wildman–Crippen MR) is 124 cm³/mol. The van der Waals surface area contributed by atoms with Gasteiger partial charge in [-0.05, 0) is 61.8 Å². The lowest BCUT2D eigenvalue weighted by atomic mass is 9.90. The number of piperidine rings is 1. The summed E-state index contributed by atoms with van der Waals surface area (Å²) < 4.78 is 34.1. The van der Waals surface area contributed by atoms with E-state index in [0.717, 1.165) is 44.9 Å². The number of hydrogen-bond donors (Lipinski definition) is 1. The topological polar surface area (TPSA) is 75.7 Å². The maximum Gasteiger partial charge on any atom is 0.253 e. The van der Waals surface area contributed by atoms with Gasteiger partial charge in [0.15, 0.2) is 0 Å². The molecule has 1 N–H and O–H groups in total. The van der Waals surface area contributed by atoms with E-state index in [1.807, 2.05) is 11.0 Å². The number of carbonyl (C=O) groups is 1. The first-order chi connectivity index (χ1) is 15.5. The summed E-state index contributed by atoms with van der Waals surface area (Å²) in [5.41, 5.74) is 1.72. The maximum atomic E-state index is 13.2. The van der Waals surface area contributed by atoms with Crippen LogP contribution in [0.4, 0.5) is 0 Å². The van der Waals surface area contributed by atoms with Crippen molar-refractivity contribution in [3.05, 3.63) is 59.7 Å². The van der Waals surface area contributed by atoms with Crippen LogP contribution < -0.4 is 9.46 Å². The summed E-state index contributed by atoms with van der Waals surface area (Å²) >= 11 is 0. The van der Waals surface area contributed by atoms with Crippen LogP contribution in [-0.2, 0) is 16.4 Å². The molecule has 2 aromatic rings. The Morgan fingerprint density at radius 2 is 1.72 bits per heavy atom. The lowest BCUT2D eigenvalue weighted by Crippen LogP contribution is -2.39. The standard InChI is InChI=1S/C25H32N2O4S/c1-31-23-12-11-21(18-24(23)32(29,30)26-22-9-5-6-10-22)25(28)27-15-13-20(14-16-27)17-19-7-3-2-4-8-19/h2-4,7-8,11-12,18,20,22,26H,5-6,9-10,13-17H2,1H3. The molecule has 2 fully saturated rings. The molecule has 1 heterocycles. The SMILES string of the molecule is COc1ccc(C(=O)N2CCC(Cc3ccccc3)CC2)cc1S(=O)(=O)NC1CCCC1. The molecule has 172 valence electrons. The smallest absolute Gasteiger partial charge is 0.253 e. The zero-order chi connectivity index (χ0) is 22.6. The molecule has 2 aromatic carbocycles. The number of nitrogens with zero attached hydrogens (tertiary/aromatic N) is 1. The van der Waals surface area contributed by atoms with Gasteiger partial charge in [0.1, 0.15) is 10.6 Å². The van der Waals surface area contributed by atoms with Gasteiger partial charge < -0.3 is 9.64 Å². The number of benzene rings is 2. The van der Waals surface area contributed by atoms with E-state index < -0.39 is 10.0 Å². The Morgan fingerprint density at radius 3 is 2.38 bits per heavy atom. The minimum atomic E-state index is -3.76. The van der Waals surface area contributed by atoms with Gasteiger partial charge in [-0.1, -0.05) is 43.2 Å². The van der Waals surface area contributed by atoms with E-state index in [2.05, 4.69) is 29.0 Å². The largest absolute Gasteiger partial charge is 0.495 e. The lowest BCUT2D eigenvalue weighted by molar-refractivity contribution is 0.0690. The predicted octanol–water partition coefficient (Wildman–Crippen LogP) is 4.01. The highest BCUT2D eigenvalue weighted by Gasteiger charge is 2.28. The Bertz CT molecular complexity index is 1030. The fourth-order valence-corrected chi connectivity index (χ4v) is 6.32. The lowest BCUT2D eigenvalue weighted by Gasteiger charge is -2.32. The van der Waals surface area contributed by atoms with Crippen LogP contribution in [0.3, 0.4) is 0 Å². The van der Waals surface area contributed by atoms with Crippen LogP contribution in [0.25, 0.3) is 0 Å². The minimum absolute atomic E-state index is 0.0386. The van der Waals surface area contributed by atoms with Crippen molar-refractivity contribution in [3.8, 4) is 5.75 Å². The number of carbonyl (C=O) groups excluding carboxylic acids is 1. The number of methoxy groups -OCH3 is 1. The Labute approximate surface area is 191 Å². The highest BCUT2D eigenvalue weighted by Crippen LogP contribution is 2.29. The molecule has 4 rings (SSSR count). The van der Waals surface area contributed by atoms with Crippen LogP contribution in [-0.4, -0.2) is 45.5 Å². The van der Waals surface area contributed by atoms with Crippen molar-refractivity contribution in [2.75, 3.05) is 20.2 Å². The van der Waals surface area contributed by atoms with Gasteiger partial charge in [0.2, 0.25) is 10.0 Å². The van der Waals surface area contributed by atoms with Gasteiger partial charge in [0.05, 0.1) is 7.11 Å². The Balaban J connectivity index is 1.44. The van der Waals surface area contributed by atoms with Crippen molar-refractivity contribution < 1.29 is 17.9 Å². The molecule has 1 saturated heterocycles. The number of sulfonamides is 1. The summed E-state index contributed by atoms with van der Waals surface area (Å²) in [6.45, 7) is 1.37. The van der Waals surface area contributed by atoms with E-state index in [4.69, 9.17) is 4.74 Å². The van der Waals surface area contributed by atoms with E-state index in [9.17, 15) is 13.2 Å². The summed E-state index contributed by atoms with van der Waals surface area (Å²) in [6, 6.07) is 15.1. The first kappa shape index (κ1) is 22.8. The molecule has 0 aromatic heterocycles. The fourth-order valence-electron chi connectivity index (χ4n) is 4.82. The number of hydrogen-bond acceptors (Lipinski definition) is 4. The third-order valence-corrected chi connectivity index (χ3v) is 8.19. The van der Waals surface area contributed by atoms with Crippen molar-refractivity contribution >= 4 is 15.9 Å². The number of ether oxygens (including phenoxy) is 1. The van der Waals surface area contributed by atoms with Crippen LogP contribution in [0.2, 0.25) is 0 Å². The van der Waals surface area contributed by atoms with E-state index in [-0.39, 0.29) is 22.6 Å². The number of amides is 1. The first-order valence-corrected chi connectivity index (χ1v) is 13.0. The molecule has 7 heteroatoms. The van der Waals surface area contributed by atoms with Gasteiger partial charge in [0, 0.05) is 24.7 Å².